The molecule has 0 nitrogen and oxygen atoms in total. The molecule has 0 aromatic carbocycles. The Balaban J connectivity index is 0. The van der Waals surface area contributed by atoms with Gasteiger partial charge in [0.1, 0.15) is 0 Å². The lowest BCUT2D eigenvalue weighted by atomic mass is 9.98. The van der Waals surface area contributed by atoms with Crippen LogP contribution in [0.4, 0.5) is 0 Å². The maximum Gasteiger partial charge on any atom is -0.0193 e. The van der Waals surface area contributed by atoms with E-state index >= 15 is 0 Å². The minimum atomic E-state index is 0.607. The van der Waals surface area contributed by atoms with E-state index in [1.54, 1.807) is 0 Å². The molecule has 0 aromatic rings. The summed E-state index contributed by atoms with van der Waals surface area (Å²) >= 11 is 0. The normalized spacial score (nSPS) is 12.5. The summed E-state index contributed by atoms with van der Waals surface area (Å²) in [6.45, 7) is 15.7. The van der Waals surface area contributed by atoms with Crippen molar-refractivity contribution >= 4 is 0 Å². The Morgan fingerprint density at radius 3 is 2.08 bits per heavy atom. The van der Waals surface area contributed by atoms with Crippen molar-refractivity contribution in [2.45, 2.75) is 34.1 Å². The molecule has 0 rings (SSSR count). The fraction of sp³-hybridized carbons (Fsp3) is 0.500. The molecule has 0 spiro atoms. The molecule has 0 heterocycles. The third-order valence-corrected chi connectivity index (χ3v) is 1.73. The van der Waals surface area contributed by atoms with E-state index < -0.39 is 0 Å². The fourth-order valence-corrected chi connectivity index (χ4v) is 0.805. The lowest BCUT2D eigenvalue weighted by Gasteiger charge is -2.07. The monoisotopic (exact) mass is 166 g/mol. The van der Waals surface area contributed by atoms with Gasteiger partial charge in [-0.05, 0) is 17.9 Å². The van der Waals surface area contributed by atoms with Gasteiger partial charge in [0.2, 0.25) is 0 Å². The first-order chi connectivity index (χ1) is 5.76. The largest absolute Gasteiger partial charge is 0.0991 e. The SMILES string of the molecule is C=C/C=C(\C=C)C(C)CC.CC. The molecule has 0 heteroatoms. The van der Waals surface area contributed by atoms with Crippen LogP contribution in [-0.2, 0) is 0 Å². The molecule has 70 valence electrons. The summed E-state index contributed by atoms with van der Waals surface area (Å²) in [5, 5.41) is 0. The quantitative estimate of drug-likeness (QED) is 0.544. The van der Waals surface area contributed by atoms with Gasteiger partial charge in [-0.25, -0.2) is 0 Å². The number of hydrogen-bond donors (Lipinski definition) is 0. The van der Waals surface area contributed by atoms with Crippen LogP contribution in [0.5, 0.6) is 0 Å². The summed E-state index contributed by atoms with van der Waals surface area (Å²) in [6.07, 6.45) is 6.88. The van der Waals surface area contributed by atoms with Crippen LogP contribution in [0.1, 0.15) is 34.1 Å². The van der Waals surface area contributed by atoms with Crippen LogP contribution in [0.2, 0.25) is 0 Å². The predicted molar refractivity (Wildman–Crippen MR) is 59.3 cm³/mol. The highest BCUT2D eigenvalue weighted by Gasteiger charge is 1.99. The van der Waals surface area contributed by atoms with Gasteiger partial charge in [-0.2, -0.15) is 0 Å². The highest BCUT2D eigenvalue weighted by Crippen LogP contribution is 2.14. The second-order valence-electron chi connectivity index (χ2n) is 2.42. The lowest BCUT2D eigenvalue weighted by molar-refractivity contribution is 0.671. The van der Waals surface area contributed by atoms with E-state index in [9.17, 15) is 0 Å². The molecule has 0 saturated heterocycles. The molecular formula is C12H22. The van der Waals surface area contributed by atoms with Gasteiger partial charge >= 0.3 is 0 Å². The number of rotatable bonds is 4. The Labute approximate surface area is 77.7 Å². The molecule has 12 heavy (non-hydrogen) atoms. The standard InChI is InChI=1S/C10H16.C2H6/c1-5-8-10(7-3)9(4)6-2;1-2/h5,7-9H,1,3,6H2,2,4H3;1-2H3/b10-8+;. The number of hydrogen-bond acceptors (Lipinski definition) is 0. The zero-order chi connectivity index (χ0) is 9.98. The summed E-state index contributed by atoms with van der Waals surface area (Å²) < 4.78 is 0. The summed E-state index contributed by atoms with van der Waals surface area (Å²) in [6, 6.07) is 0. The third kappa shape index (κ3) is 5.96. The van der Waals surface area contributed by atoms with Crippen LogP contribution in [0.15, 0.2) is 37.0 Å². The molecular weight excluding hydrogens is 144 g/mol. The van der Waals surface area contributed by atoms with Crippen molar-refractivity contribution in [1.29, 1.82) is 0 Å². The molecule has 1 unspecified atom stereocenters. The second kappa shape index (κ2) is 10.2. The van der Waals surface area contributed by atoms with Crippen molar-refractivity contribution in [3.05, 3.63) is 37.0 Å². The van der Waals surface area contributed by atoms with Gasteiger partial charge in [0.15, 0.2) is 0 Å². The van der Waals surface area contributed by atoms with Gasteiger partial charge in [-0.15, -0.1) is 0 Å². The maximum absolute atomic E-state index is 3.73. The zero-order valence-corrected chi connectivity index (χ0v) is 8.93. The third-order valence-electron chi connectivity index (χ3n) is 1.73. The maximum atomic E-state index is 3.73. The summed E-state index contributed by atoms with van der Waals surface area (Å²) in [5.41, 5.74) is 1.28. The minimum absolute atomic E-state index is 0.607. The number of allylic oxidation sites excluding steroid dienone is 4. The summed E-state index contributed by atoms with van der Waals surface area (Å²) in [5.74, 6) is 0.607. The van der Waals surface area contributed by atoms with E-state index in [1.807, 2.05) is 32.1 Å². The van der Waals surface area contributed by atoms with E-state index in [1.165, 1.54) is 5.57 Å². The van der Waals surface area contributed by atoms with Crippen molar-refractivity contribution in [2.24, 2.45) is 5.92 Å². The molecule has 0 N–H and O–H groups in total. The molecule has 1 atom stereocenters. The molecule has 0 radical (unpaired) electrons. The van der Waals surface area contributed by atoms with E-state index in [-0.39, 0.29) is 0 Å². The van der Waals surface area contributed by atoms with Gasteiger partial charge in [0.05, 0.1) is 0 Å². The van der Waals surface area contributed by atoms with E-state index in [0.29, 0.717) is 5.92 Å². The Bertz CT molecular complexity index is 140. The van der Waals surface area contributed by atoms with Gasteiger partial charge in [0.25, 0.3) is 0 Å². The van der Waals surface area contributed by atoms with Crippen LogP contribution < -0.4 is 0 Å². The summed E-state index contributed by atoms with van der Waals surface area (Å²) in [4.78, 5) is 0. The van der Waals surface area contributed by atoms with Crippen molar-refractivity contribution in [2.75, 3.05) is 0 Å². The average molecular weight is 166 g/mol. The van der Waals surface area contributed by atoms with Crippen LogP contribution in [0.25, 0.3) is 0 Å². The highest BCUT2D eigenvalue weighted by atomic mass is 14.0. The molecule has 0 aliphatic heterocycles. The van der Waals surface area contributed by atoms with Gasteiger partial charge in [0, 0.05) is 0 Å². The first kappa shape index (κ1) is 13.8. The molecule has 0 bridgehead atoms. The Kier molecular flexibility index (Phi) is 11.7. The van der Waals surface area contributed by atoms with Gasteiger partial charge in [-0.3, -0.25) is 0 Å². The smallest absolute Gasteiger partial charge is 0.0193 e. The van der Waals surface area contributed by atoms with E-state index in [2.05, 4.69) is 27.0 Å². The summed E-state index contributed by atoms with van der Waals surface area (Å²) in [7, 11) is 0. The Hall–Kier alpha value is -0.780. The Morgan fingerprint density at radius 1 is 1.33 bits per heavy atom. The van der Waals surface area contributed by atoms with Crippen LogP contribution >= 0.6 is 0 Å². The molecule has 0 amide bonds. The van der Waals surface area contributed by atoms with E-state index in [4.69, 9.17) is 0 Å². The lowest BCUT2D eigenvalue weighted by Crippen LogP contribution is -1.93. The zero-order valence-electron chi connectivity index (χ0n) is 8.93. The van der Waals surface area contributed by atoms with Crippen molar-refractivity contribution in [1.82, 2.24) is 0 Å². The first-order valence-electron chi connectivity index (χ1n) is 4.71. The van der Waals surface area contributed by atoms with Gasteiger partial charge in [-0.1, -0.05) is 59.1 Å². The van der Waals surface area contributed by atoms with Gasteiger partial charge < -0.3 is 0 Å². The molecule has 0 aliphatic carbocycles. The minimum Gasteiger partial charge on any atom is -0.0991 e. The molecule has 0 fully saturated rings. The molecule has 0 saturated carbocycles. The van der Waals surface area contributed by atoms with Crippen LogP contribution in [0.3, 0.4) is 0 Å². The second-order valence-corrected chi connectivity index (χ2v) is 2.42. The fourth-order valence-electron chi connectivity index (χ4n) is 0.805. The van der Waals surface area contributed by atoms with Crippen LogP contribution in [-0.4, -0.2) is 0 Å². The molecule has 0 aliphatic rings. The van der Waals surface area contributed by atoms with Crippen molar-refractivity contribution in [3.8, 4) is 0 Å². The van der Waals surface area contributed by atoms with Crippen molar-refractivity contribution < 1.29 is 0 Å². The topological polar surface area (TPSA) is 0 Å². The van der Waals surface area contributed by atoms with E-state index in [0.717, 1.165) is 6.42 Å². The first-order valence-corrected chi connectivity index (χ1v) is 4.71. The average Bonchev–Trinajstić information content (AvgIpc) is 2.16. The van der Waals surface area contributed by atoms with Crippen LogP contribution in [0, 0.1) is 5.92 Å². The Morgan fingerprint density at radius 2 is 1.83 bits per heavy atom. The predicted octanol–water partition coefficient (Wildman–Crippen LogP) is 4.36. The van der Waals surface area contributed by atoms with Crippen molar-refractivity contribution in [3.63, 3.8) is 0 Å². The highest BCUT2D eigenvalue weighted by molar-refractivity contribution is 5.22. The molecule has 0 aromatic heterocycles.